The lowest BCUT2D eigenvalue weighted by Gasteiger charge is -2.19. The normalized spacial score (nSPS) is 13.5. The van der Waals surface area contributed by atoms with E-state index in [1.165, 1.54) is 4.31 Å². The van der Waals surface area contributed by atoms with E-state index in [4.69, 9.17) is 4.42 Å². The minimum absolute atomic E-state index is 0.00187. The number of hydrogen-bond acceptors (Lipinski definition) is 5. The van der Waals surface area contributed by atoms with E-state index in [0.29, 0.717) is 24.4 Å². The molecule has 1 amide bonds. The van der Waals surface area contributed by atoms with Crippen molar-refractivity contribution in [3.05, 3.63) is 59.5 Å². The van der Waals surface area contributed by atoms with Crippen LogP contribution in [0.2, 0.25) is 0 Å². The molecule has 8 nitrogen and oxygen atoms in total. The van der Waals surface area contributed by atoms with Gasteiger partial charge < -0.3 is 9.73 Å². The molecule has 0 spiro atoms. The average Bonchev–Trinajstić information content (AvgIpc) is 3.40. The Morgan fingerprint density at radius 3 is 2.89 bits per heavy atom. The van der Waals surface area contributed by atoms with Gasteiger partial charge in [-0.3, -0.25) is 14.2 Å². The fraction of sp³-hybridized carbons (Fsp3) is 0.263. The van der Waals surface area contributed by atoms with Crippen LogP contribution in [0.4, 0.5) is 5.69 Å². The van der Waals surface area contributed by atoms with E-state index in [1.807, 2.05) is 31.2 Å². The number of rotatable bonds is 6. The Morgan fingerprint density at radius 2 is 2.11 bits per heavy atom. The van der Waals surface area contributed by atoms with Crippen molar-refractivity contribution in [1.82, 2.24) is 15.5 Å². The second-order valence-electron chi connectivity index (χ2n) is 6.60. The number of carbonyl (C=O) groups excluding carboxylic acids is 1. The summed E-state index contributed by atoms with van der Waals surface area (Å²) in [6.45, 7) is 2.26. The van der Waals surface area contributed by atoms with Crippen molar-refractivity contribution in [2.24, 2.45) is 0 Å². The molecule has 1 aliphatic heterocycles. The Kier molecular flexibility index (Phi) is 4.68. The lowest BCUT2D eigenvalue weighted by atomic mass is 10.2. The molecule has 0 atom stereocenters. The van der Waals surface area contributed by atoms with E-state index in [0.717, 1.165) is 17.0 Å². The predicted octanol–water partition coefficient (Wildman–Crippen LogP) is 2.10. The smallest absolute Gasteiger partial charge is 0.271 e. The number of nitrogens with one attached hydrogen (secondary N) is 2. The van der Waals surface area contributed by atoms with Crippen molar-refractivity contribution in [3.8, 4) is 11.5 Å². The highest BCUT2D eigenvalue weighted by atomic mass is 32.2. The van der Waals surface area contributed by atoms with Gasteiger partial charge in [0.2, 0.25) is 10.0 Å². The third kappa shape index (κ3) is 3.53. The highest BCUT2D eigenvalue weighted by Crippen LogP contribution is 2.29. The standard InChI is InChI=1S/C19H20N4O4S/c1-13-6-7-18(27-13)15-12-16(22-21-15)19(24)20-9-11-28(25,26)23-10-8-14-4-2-3-5-17(14)23/h2-7,12H,8-11H2,1H3,(H,20,24)(H,21,22). The molecule has 0 saturated heterocycles. The average molecular weight is 400 g/mol. The summed E-state index contributed by atoms with van der Waals surface area (Å²) in [6, 6.07) is 12.6. The zero-order valence-corrected chi connectivity index (χ0v) is 16.1. The van der Waals surface area contributed by atoms with Crippen LogP contribution in [0, 0.1) is 6.92 Å². The van der Waals surface area contributed by atoms with E-state index in [2.05, 4.69) is 15.5 Å². The molecule has 0 radical (unpaired) electrons. The summed E-state index contributed by atoms with van der Waals surface area (Å²) in [4.78, 5) is 12.3. The molecular weight excluding hydrogens is 380 g/mol. The monoisotopic (exact) mass is 400 g/mol. The molecule has 9 heteroatoms. The number of hydrogen-bond donors (Lipinski definition) is 2. The van der Waals surface area contributed by atoms with Crippen LogP contribution in [0.3, 0.4) is 0 Å². The lowest BCUT2D eigenvalue weighted by molar-refractivity contribution is 0.0951. The summed E-state index contributed by atoms with van der Waals surface area (Å²) in [7, 11) is -3.51. The van der Waals surface area contributed by atoms with Crippen molar-refractivity contribution in [1.29, 1.82) is 0 Å². The Balaban J connectivity index is 1.36. The second kappa shape index (κ2) is 7.16. The number of carbonyl (C=O) groups is 1. The Morgan fingerprint density at radius 1 is 1.29 bits per heavy atom. The number of amides is 1. The predicted molar refractivity (Wildman–Crippen MR) is 105 cm³/mol. The third-order valence-electron chi connectivity index (χ3n) is 4.64. The molecule has 0 unspecified atom stereocenters. The van der Waals surface area contributed by atoms with Gasteiger partial charge in [-0.05, 0) is 37.1 Å². The van der Waals surface area contributed by atoms with Gasteiger partial charge in [0.25, 0.3) is 5.91 Å². The molecule has 0 fully saturated rings. The summed E-state index contributed by atoms with van der Waals surface area (Å²) >= 11 is 0. The fourth-order valence-corrected chi connectivity index (χ4v) is 4.66. The first-order chi connectivity index (χ1) is 13.4. The number of sulfonamides is 1. The molecule has 2 aromatic heterocycles. The minimum atomic E-state index is -3.51. The Bertz CT molecular complexity index is 1120. The highest BCUT2D eigenvalue weighted by molar-refractivity contribution is 7.92. The van der Waals surface area contributed by atoms with Gasteiger partial charge in [-0.25, -0.2) is 8.42 Å². The van der Waals surface area contributed by atoms with E-state index in [9.17, 15) is 13.2 Å². The molecular formula is C19H20N4O4S. The third-order valence-corrected chi connectivity index (χ3v) is 6.41. The summed E-state index contributed by atoms with van der Waals surface area (Å²) in [5, 5.41) is 9.33. The van der Waals surface area contributed by atoms with Gasteiger partial charge in [-0.15, -0.1) is 0 Å². The minimum Gasteiger partial charge on any atom is -0.460 e. The number of fused-ring (bicyclic) bond motifs is 1. The van der Waals surface area contributed by atoms with Crippen LogP contribution in [0.1, 0.15) is 21.8 Å². The van der Waals surface area contributed by atoms with E-state index < -0.39 is 15.9 Å². The van der Waals surface area contributed by atoms with Crippen LogP contribution >= 0.6 is 0 Å². The highest BCUT2D eigenvalue weighted by Gasteiger charge is 2.28. The lowest BCUT2D eigenvalue weighted by Crippen LogP contribution is -2.37. The molecule has 1 aliphatic rings. The van der Waals surface area contributed by atoms with Gasteiger partial charge in [0.05, 0.1) is 11.4 Å². The van der Waals surface area contributed by atoms with Gasteiger partial charge in [-0.2, -0.15) is 5.10 Å². The van der Waals surface area contributed by atoms with Crippen molar-refractivity contribution >= 4 is 21.6 Å². The van der Waals surface area contributed by atoms with Crippen molar-refractivity contribution in [2.45, 2.75) is 13.3 Å². The van der Waals surface area contributed by atoms with E-state index >= 15 is 0 Å². The van der Waals surface area contributed by atoms with Crippen molar-refractivity contribution in [3.63, 3.8) is 0 Å². The Labute approximate surface area is 162 Å². The molecule has 1 aromatic carbocycles. The molecule has 0 saturated carbocycles. The number of nitrogens with zero attached hydrogens (tertiary/aromatic N) is 2. The number of aryl methyl sites for hydroxylation is 1. The quantitative estimate of drug-likeness (QED) is 0.659. The topological polar surface area (TPSA) is 108 Å². The zero-order chi connectivity index (χ0) is 19.7. The number of anilines is 1. The summed E-state index contributed by atoms with van der Waals surface area (Å²) in [5.41, 5.74) is 2.50. The van der Waals surface area contributed by atoms with E-state index in [1.54, 1.807) is 18.2 Å². The summed E-state index contributed by atoms with van der Waals surface area (Å²) in [5.74, 6) is 0.716. The molecule has 0 aliphatic carbocycles. The Hall–Kier alpha value is -3.07. The van der Waals surface area contributed by atoms with Gasteiger partial charge >= 0.3 is 0 Å². The molecule has 3 aromatic rings. The molecule has 0 bridgehead atoms. The fourth-order valence-electron chi connectivity index (χ4n) is 3.23. The number of para-hydroxylation sites is 1. The van der Waals surface area contributed by atoms with E-state index in [-0.39, 0.29) is 18.0 Å². The molecule has 4 rings (SSSR count). The van der Waals surface area contributed by atoms with Crippen LogP contribution in [0.25, 0.3) is 11.5 Å². The number of benzene rings is 1. The van der Waals surface area contributed by atoms with Crippen molar-refractivity contribution in [2.75, 3.05) is 23.1 Å². The zero-order valence-electron chi connectivity index (χ0n) is 15.3. The first-order valence-electron chi connectivity index (χ1n) is 8.93. The first-order valence-corrected chi connectivity index (χ1v) is 10.5. The molecule has 146 valence electrons. The number of H-pyrrole nitrogens is 1. The van der Waals surface area contributed by atoms with Crippen LogP contribution in [0.5, 0.6) is 0 Å². The maximum atomic E-state index is 12.6. The molecule has 28 heavy (non-hydrogen) atoms. The van der Waals surface area contributed by atoms with Crippen LogP contribution in [0.15, 0.2) is 46.9 Å². The maximum Gasteiger partial charge on any atom is 0.271 e. The summed E-state index contributed by atoms with van der Waals surface area (Å²) < 4.78 is 32.2. The van der Waals surface area contributed by atoms with Crippen LogP contribution in [-0.4, -0.2) is 43.4 Å². The second-order valence-corrected chi connectivity index (χ2v) is 8.61. The maximum absolute atomic E-state index is 12.6. The first kappa shape index (κ1) is 18.3. The molecule has 3 heterocycles. The van der Waals surface area contributed by atoms with Crippen LogP contribution in [-0.2, 0) is 16.4 Å². The number of aromatic nitrogens is 2. The van der Waals surface area contributed by atoms with Crippen LogP contribution < -0.4 is 9.62 Å². The van der Waals surface area contributed by atoms with Gasteiger partial charge in [0.15, 0.2) is 11.5 Å². The summed E-state index contributed by atoms with van der Waals surface area (Å²) in [6.07, 6.45) is 0.698. The van der Waals surface area contributed by atoms with Gasteiger partial charge in [0.1, 0.15) is 11.5 Å². The number of furan rings is 1. The van der Waals surface area contributed by atoms with Gasteiger partial charge in [0, 0.05) is 19.2 Å². The largest absolute Gasteiger partial charge is 0.460 e. The van der Waals surface area contributed by atoms with Gasteiger partial charge in [-0.1, -0.05) is 18.2 Å². The SMILES string of the molecule is Cc1ccc(-c2cc(C(=O)NCCS(=O)(=O)N3CCc4ccccc43)n[nH]2)o1. The number of aromatic amines is 1. The van der Waals surface area contributed by atoms with Crippen molar-refractivity contribution < 1.29 is 17.6 Å². The molecule has 2 N–H and O–H groups in total.